The van der Waals surface area contributed by atoms with Gasteiger partial charge in [-0.25, -0.2) is 22.9 Å². The maximum atomic E-state index is 12.8. The zero-order chi connectivity index (χ0) is 26.7. The molecule has 0 radical (unpaired) electrons. The van der Waals surface area contributed by atoms with Crippen molar-refractivity contribution in [2.75, 3.05) is 26.4 Å². The molecule has 0 aliphatic rings. The van der Waals surface area contributed by atoms with E-state index in [1.165, 1.54) is 24.3 Å². The molecule has 0 aliphatic heterocycles. The second kappa shape index (κ2) is 13.9. The van der Waals surface area contributed by atoms with Crippen molar-refractivity contribution in [2.45, 2.75) is 38.5 Å². The van der Waals surface area contributed by atoms with Crippen LogP contribution in [0.2, 0.25) is 5.02 Å². The van der Waals surface area contributed by atoms with Gasteiger partial charge in [-0.1, -0.05) is 31.9 Å². The first-order chi connectivity index (χ1) is 17.1. The van der Waals surface area contributed by atoms with Crippen molar-refractivity contribution in [2.24, 2.45) is 5.92 Å². The van der Waals surface area contributed by atoms with Gasteiger partial charge in [-0.05, 0) is 49.6 Å². The third-order valence-electron chi connectivity index (χ3n) is 5.11. The van der Waals surface area contributed by atoms with E-state index in [-0.39, 0.29) is 39.3 Å². The van der Waals surface area contributed by atoms with E-state index in [2.05, 4.69) is 10.3 Å². The standard InChI is InChI=1S/C24H30ClN3O7S/c1-4-16(3)15-35-24(31)21-10-7-17(14-27-21)22(29)28-36(32,33)18-8-9-20(25)19(13-18)23(30)26-11-6-12-34-5-2/h7-10,13-14,16H,4-6,11-12,15H2,1-3H3,(H,26,30)(H,28,29). The van der Waals surface area contributed by atoms with Crippen molar-refractivity contribution in [1.29, 1.82) is 0 Å². The molecule has 0 spiro atoms. The average molecular weight is 540 g/mol. The molecule has 2 aromatic rings. The normalized spacial score (nSPS) is 12.0. The summed E-state index contributed by atoms with van der Waals surface area (Å²) in [4.78, 5) is 40.6. The van der Waals surface area contributed by atoms with E-state index >= 15 is 0 Å². The van der Waals surface area contributed by atoms with Crippen LogP contribution in [0.4, 0.5) is 0 Å². The lowest BCUT2D eigenvalue weighted by atomic mass is 10.1. The number of rotatable bonds is 13. The molecular weight excluding hydrogens is 510 g/mol. The number of sulfonamides is 1. The quantitative estimate of drug-likeness (QED) is 0.292. The van der Waals surface area contributed by atoms with Gasteiger partial charge in [0, 0.05) is 26.0 Å². The van der Waals surface area contributed by atoms with E-state index in [9.17, 15) is 22.8 Å². The molecule has 1 unspecified atom stereocenters. The highest BCUT2D eigenvalue weighted by Crippen LogP contribution is 2.21. The topological polar surface area (TPSA) is 141 Å². The van der Waals surface area contributed by atoms with Gasteiger partial charge in [0.15, 0.2) is 0 Å². The maximum absolute atomic E-state index is 12.8. The lowest BCUT2D eigenvalue weighted by Gasteiger charge is -2.11. The van der Waals surface area contributed by atoms with Gasteiger partial charge < -0.3 is 14.8 Å². The third kappa shape index (κ3) is 8.58. The zero-order valence-electron chi connectivity index (χ0n) is 20.4. The summed E-state index contributed by atoms with van der Waals surface area (Å²) >= 11 is 6.08. The van der Waals surface area contributed by atoms with E-state index in [0.29, 0.717) is 26.2 Å². The summed E-state index contributed by atoms with van der Waals surface area (Å²) in [5.41, 5.74) is -0.143. The number of nitrogens with zero attached hydrogens (tertiary/aromatic N) is 1. The average Bonchev–Trinajstić information content (AvgIpc) is 2.86. The molecular formula is C24H30ClN3O7S. The minimum absolute atomic E-state index is 0.00711. The van der Waals surface area contributed by atoms with Crippen LogP contribution in [0.1, 0.15) is 64.8 Å². The highest BCUT2D eigenvalue weighted by Gasteiger charge is 2.22. The lowest BCUT2D eigenvalue weighted by molar-refractivity contribution is 0.0439. The van der Waals surface area contributed by atoms with Crippen molar-refractivity contribution in [1.82, 2.24) is 15.0 Å². The Balaban J connectivity index is 2.06. The van der Waals surface area contributed by atoms with Gasteiger partial charge in [0.25, 0.3) is 21.8 Å². The summed E-state index contributed by atoms with van der Waals surface area (Å²) in [5.74, 6) is -1.96. The highest BCUT2D eigenvalue weighted by atomic mass is 35.5. The molecule has 1 aromatic heterocycles. The van der Waals surface area contributed by atoms with Gasteiger partial charge in [0.2, 0.25) is 0 Å². The van der Waals surface area contributed by atoms with Gasteiger partial charge in [-0.2, -0.15) is 0 Å². The fourth-order valence-corrected chi connectivity index (χ4v) is 3.96. The SMILES string of the molecule is CCOCCCNC(=O)c1cc(S(=O)(=O)NC(=O)c2ccc(C(=O)OCC(C)CC)nc2)ccc1Cl. The Morgan fingerprint density at radius 1 is 1.11 bits per heavy atom. The molecule has 0 saturated heterocycles. The number of nitrogens with one attached hydrogen (secondary N) is 2. The minimum atomic E-state index is -4.34. The Hall–Kier alpha value is -3.02. The predicted octanol–water partition coefficient (Wildman–Crippen LogP) is 3.21. The molecule has 1 heterocycles. The van der Waals surface area contributed by atoms with E-state index in [1.807, 2.05) is 25.5 Å². The van der Waals surface area contributed by atoms with Crippen LogP contribution >= 0.6 is 11.6 Å². The van der Waals surface area contributed by atoms with E-state index in [4.69, 9.17) is 21.1 Å². The zero-order valence-corrected chi connectivity index (χ0v) is 21.9. The van der Waals surface area contributed by atoms with Crippen molar-refractivity contribution >= 4 is 39.4 Å². The Kier molecular flexibility index (Phi) is 11.3. The van der Waals surface area contributed by atoms with Crippen molar-refractivity contribution in [3.63, 3.8) is 0 Å². The molecule has 0 fully saturated rings. The number of benzene rings is 1. The van der Waals surface area contributed by atoms with Crippen LogP contribution < -0.4 is 10.0 Å². The van der Waals surface area contributed by atoms with Crippen LogP contribution in [-0.2, 0) is 19.5 Å². The Morgan fingerprint density at radius 3 is 2.50 bits per heavy atom. The van der Waals surface area contributed by atoms with Crippen LogP contribution in [0.25, 0.3) is 0 Å². The largest absolute Gasteiger partial charge is 0.461 e. The Morgan fingerprint density at radius 2 is 1.86 bits per heavy atom. The summed E-state index contributed by atoms with van der Waals surface area (Å²) in [6, 6.07) is 6.07. The van der Waals surface area contributed by atoms with Crippen LogP contribution in [0, 0.1) is 5.92 Å². The first kappa shape index (κ1) is 29.2. The number of esters is 1. The molecule has 0 saturated carbocycles. The number of hydrogen-bond acceptors (Lipinski definition) is 8. The Bertz CT molecular complexity index is 1170. The molecule has 10 nitrogen and oxygen atoms in total. The smallest absolute Gasteiger partial charge is 0.356 e. The number of hydrogen-bond donors (Lipinski definition) is 2. The first-order valence-electron chi connectivity index (χ1n) is 11.4. The predicted molar refractivity (Wildman–Crippen MR) is 134 cm³/mol. The van der Waals surface area contributed by atoms with E-state index in [0.717, 1.165) is 18.7 Å². The molecule has 2 amide bonds. The fraction of sp³-hybridized carbons (Fsp3) is 0.417. The van der Waals surface area contributed by atoms with Crippen LogP contribution in [0.5, 0.6) is 0 Å². The molecule has 1 aromatic carbocycles. The van der Waals surface area contributed by atoms with Crippen molar-refractivity contribution in [3.8, 4) is 0 Å². The summed E-state index contributed by atoms with van der Waals surface area (Å²) in [7, 11) is -4.34. The monoisotopic (exact) mass is 539 g/mol. The first-order valence-corrected chi connectivity index (χ1v) is 13.3. The molecule has 2 N–H and O–H groups in total. The van der Waals surface area contributed by atoms with Crippen molar-refractivity contribution < 1.29 is 32.3 Å². The number of carbonyl (C=O) groups is 3. The molecule has 36 heavy (non-hydrogen) atoms. The van der Waals surface area contributed by atoms with E-state index in [1.54, 1.807) is 0 Å². The molecule has 0 bridgehead atoms. The number of halogens is 1. The van der Waals surface area contributed by atoms with Crippen LogP contribution in [0.15, 0.2) is 41.4 Å². The number of amides is 2. The minimum Gasteiger partial charge on any atom is -0.461 e. The van der Waals surface area contributed by atoms with E-state index < -0.39 is 27.8 Å². The summed E-state index contributed by atoms with van der Waals surface area (Å²) in [5, 5.41) is 2.70. The summed E-state index contributed by atoms with van der Waals surface area (Å²) < 4.78 is 37.8. The third-order valence-corrected chi connectivity index (χ3v) is 6.76. The van der Waals surface area contributed by atoms with Crippen molar-refractivity contribution in [3.05, 3.63) is 58.4 Å². The number of ether oxygens (including phenoxy) is 2. The number of aromatic nitrogens is 1. The summed E-state index contributed by atoms with van der Waals surface area (Å²) in [6.07, 6.45) is 2.50. The number of carbonyl (C=O) groups excluding carboxylic acids is 3. The van der Waals surface area contributed by atoms with Gasteiger partial charge in [0.1, 0.15) is 5.69 Å². The lowest BCUT2D eigenvalue weighted by Crippen LogP contribution is -2.31. The molecule has 12 heteroatoms. The van der Waals surface area contributed by atoms with Gasteiger partial charge in [0.05, 0.1) is 27.7 Å². The second-order valence-electron chi connectivity index (χ2n) is 7.93. The molecule has 196 valence electrons. The fourth-order valence-electron chi connectivity index (χ4n) is 2.76. The van der Waals surface area contributed by atoms with Gasteiger partial charge >= 0.3 is 5.97 Å². The summed E-state index contributed by atoms with van der Waals surface area (Å²) in [6.45, 7) is 7.37. The van der Waals surface area contributed by atoms with Crippen LogP contribution in [-0.4, -0.2) is 57.6 Å². The van der Waals surface area contributed by atoms with Crippen LogP contribution in [0.3, 0.4) is 0 Å². The van der Waals surface area contributed by atoms with Gasteiger partial charge in [-0.15, -0.1) is 0 Å². The molecule has 1 atom stereocenters. The molecule has 0 aliphatic carbocycles. The molecule has 2 rings (SSSR count). The number of pyridine rings is 1. The maximum Gasteiger partial charge on any atom is 0.356 e. The second-order valence-corrected chi connectivity index (χ2v) is 10.0. The highest BCUT2D eigenvalue weighted by molar-refractivity contribution is 7.90. The van der Waals surface area contributed by atoms with Gasteiger partial charge in [-0.3, -0.25) is 9.59 Å². The Labute approximate surface area is 215 Å².